The van der Waals surface area contributed by atoms with Gasteiger partial charge < -0.3 is 11.1 Å². The number of carbonyl (C=O) groups is 1. The molecule has 2 fully saturated rings. The number of carbonyl (C=O) groups excluding carboxylic acids is 1. The number of hydrogen-bond donors (Lipinski definition) is 2. The van der Waals surface area contributed by atoms with Gasteiger partial charge in [-0.25, -0.2) is 0 Å². The van der Waals surface area contributed by atoms with Gasteiger partial charge in [-0.15, -0.1) is 0 Å². The van der Waals surface area contributed by atoms with E-state index in [1.54, 1.807) is 7.05 Å². The lowest BCUT2D eigenvalue weighted by atomic mass is 9.72. The van der Waals surface area contributed by atoms with E-state index >= 15 is 0 Å². The van der Waals surface area contributed by atoms with E-state index in [9.17, 15) is 4.79 Å². The van der Waals surface area contributed by atoms with Crippen LogP contribution in [0.1, 0.15) is 19.3 Å². The molecule has 0 spiro atoms. The number of amides is 1. The average molecular weight is 168 g/mol. The van der Waals surface area contributed by atoms with E-state index in [1.165, 1.54) is 0 Å². The first-order valence-electron chi connectivity index (χ1n) is 4.69. The normalized spacial score (nSPS) is 44.8. The van der Waals surface area contributed by atoms with E-state index in [0.717, 1.165) is 25.2 Å². The maximum absolute atomic E-state index is 11.3. The van der Waals surface area contributed by atoms with Crippen LogP contribution >= 0.6 is 0 Å². The Hall–Kier alpha value is -0.570. The van der Waals surface area contributed by atoms with Crippen LogP contribution in [0.5, 0.6) is 0 Å². The molecule has 0 saturated heterocycles. The van der Waals surface area contributed by atoms with E-state index in [1.807, 2.05) is 0 Å². The zero-order chi connectivity index (χ0) is 8.72. The third kappa shape index (κ3) is 1.04. The van der Waals surface area contributed by atoms with Gasteiger partial charge in [-0.1, -0.05) is 0 Å². The monoisotopic (exact) mass is 168 g/mol. The van der Waals surface area contributed by atoms with Crippen molar-refractivity contribution in [2.75, 3.05) is 7.05 Å². The molecule has 0 bridgehead atoms. The first-order valence-corrected chi connectivity index (χ1v) is 4.69. The van der Waals surface area contributed by atoms with Gasteiger partial charge in [0.1, 0.15) is 0 Å². The molecule has 2 saturated carbocycles. The molecule has 0 heterocycles. The summed E-state index contributed by atoms with van der Waals surface area (Å²) in [5.74, 6) is 1.85. The molecule has 68 valence electrons. The smallest absolute Gasteiger partial charge is 0.222 e. The summed E-state index contributed by atoms with van der Waals surface area (Å²) < 4.78 is 0. The van der Waals surface area contributed by atoms with Gasteiger partial charge in [0.15, 0.2) is 0 Å². The maximum atomic E-state index is 11.3. The Labute approximate surface area is 72.7 Å². The second kappa shape index (κ2) is 2.73. The van der Waals surface area contributed by atoms with Crippen LogP contribution in [-0.4, -0.2) is 19.0 Å². The van der Waals surface area contributed by atoms with E-state index < -0.39 is 0 Å². The van der Waals surface area contributed by atoms with Crippen molar-refractivity contribution in [2.24, 2.45) is 23.5 Å². The lowest BCUT2D eigenvalue weighted by molar-refractivity contribution is -0.124. The van der Waals surface area contributed by atoms with Gasteiger partial charge in [0, 0.05) is 19.0 Å². The summed E-state index contributed by atoms with van der Waals surface area (Å²) in [5, 5.41) is 2.71. The van der Waals surface area contributed by atoms with Crippen molar-refractivity contribution in [2.45, 2.75) is 25.3 Å². The van der Waals surface area contributed by atoms with Gasteiger partial charge >= 0.3 is 0 Å². The summed E-state index contributed by atoms with van der Waals surface area (Å²) in [7, 11) is 1.71. The zero-order valence-corrected chi connectivity index (χ0v) is 7.42. The van der Waals surface area contributed by atoms with E-state index in [0.29, 0.717) is 12.0 Å². The highest BCUT2D eigenvalue weighted by molar-refractivity contribution is 5.78. The van der Waals surface area contributed by atoms with Crippen LogP contribution in [0.25, 0.3) is 0 Å². The largest absolute Gasteiger partial charge is 0.359 e. The van der Waals surface area contributed by atoms with Crippen LogP contribution in [0.3, 0.4) is 0 Å². The van der Waals surface area contributed by atoms with Gasteiger partial charge in [-0.05, 0) is 31.1 Å². The second-order valence-electron chi connectivity index (χ2n) is 4.11. The number of nitrogens with two attached hydrogens (primary N) is 1. The number of fused-ring (bicyclic) bond motifs is 1. The fraction of sp³-hybridized carbons (Fsp3) is 0.889. The topological polar surface area (TPSA) is 55.1 Å². The second-order valence-corrected chi connectivity index (χ2v) is 4.11. The molecule has 0 aromatic rings. The molecule has 2 aliphatic rings. The van der Waals surface area contributed by atoms with Crippen LogP contribution in [-0.2, 0) is 4.79 Å². The Morgan fingerprint density at radius 1 is 1.42 bits per heavy atom. The molecule has 12 heavy (non-hydrogen) atoms. The molecule has 0 radical (unpaired) electrons. The van der Waals surface area contributed by atoms with Crippen molar-refractivity contribution in [3.8, 4) is 0 Å². The molecule has 1 amide bonds. The zero-order valence-electron chi connectivity index (χ0n) is 7.42. The molecule has 0 aromatic heterocycles. The molecule has 4 atom stereocenters. The van der Waals surface area contributed by atoms with Gasteiger partial charge in [0.05, 0.1) is 0 Å². The Morgan fingerprint density at radius 3 is 2.67 bits per heavy atom. The van der Waals surface area contributed by atoms with Gasteiger partial charge in [-0.3, -0.25) is 4.79 Å². The Balaban J connectivity index is 1.94. The lowest BCUT2D eigenvalue weighted by Gasteiger charge is -2.37. The van der Waals surface area contributed by atoms with Gasteiger partial charge in [0.2, 0.25) is 5.91 Å². The summed E-state index contributed by atoms with van der Waals surface area (Å²) in [6, 6.07) is 0.379. The minimum absolute atomic E-state index is 0.205. The minimum atomic E-state index is 0.205. The van der Waals surface area contributed by atoms with Crippen LogP contribution in [0.2, 0.25) is 0 Å². The highest BCUT2D eigenvalue weighted by Crippen LogP contribution is 2.48. The maximum Gasteiger partial charge on any atom is 0.222 e. The van der Waals surface area contributed by atoms with Crippen LogP contribution in [0.4, 0.5) is 0 Å². The number of hydrogen-bond acceptors (Lipinski definition) is 2. The highest BCUT2D eigenvalue weighted by Gasteiger charge is 2.47. The van der Waals surface area contributed by atoms with E-state index in [2.05, 4.69) is 5.32 Å². The minimum Gasteiger partial charge on any atom is -0.359 e. The molecule has 3 heteroatoms. The van der Waals surface area contributed by atoms with Crippen LogP contribution < -0.4 is 11.1 Å². The van der Waals surface area contributed by atoms with Crippen molar-refractivity contribution in [3.05, 3.63) is 0 Å². The Morgan fingerprint density at radius 2 is 2.17 bits per heavy atom. The summed E-state index contributed by atoms with van der Waals surface area (Å²) >= 11 is 0. The molecule has 3 nitrogen and oxygen atoms in total. The summed E-state index contributed by atoms with van der Waals surface area (Å²) in [6.45, 7) is 0. The Kier molecular flexibility index (Phi) is 1.83. The standard InChI is InChI=1S/C9H16N2O/c1-11-9(12)6-2-5-4-8(10)7(5)3-6/h5-8H,2-4,10H2,1H3,(H,11,12)/t5-,6?,7-,8+/m1/s1. The van der Waals surface area contributed by atoms with E-state index in [-0.39, 0.29) is 11.8 Å². The third-order valence-corrected chi connectivity index (χ3v) is 3.49. The number of nitrogens with one attached hydrogen (secondary N) is 1. The molecule has 2 aliphatic carbocycles. The summed E-state index contributed by atoms with van der Waals surface area (Å²) in [6.07, 6.45) is 3.22. The number of rotatable bonds is 1. The van der Waals surface area contributed by atoms with Crippen LogP contribution in [0, 0.1) is 17.8 Å². The highest BCUT2D eigenvalue weighted by atomic mass is 16.1. The SMILES string of the molecule is CNC(=O)C1C[C@@H]2C[C@H](N)[C@@H]2C1. The molecular weight excluding hydrogens is 152 g/mol. The van der Waals surface area contributed by atoms with Crippen LogP contribution in [0.15, 0.2) is 0 Å². The summed E-state index contributed by atoms with van der Waals surface area (Å²) in [5.41, 5.74) is 5.84. The fourth-order valence-corrected chi connectivity index (χ4v) is 2.70. The summed E-state index contributed by atoms with van der Waals surface area (Å²) in [4.78, 5) is 11.3. The first kappa shape index (κ1) is 8.05. The predicted molar refractivity (Wildman–Crippen MR) is 46.4 cm³/mol. The van der Waals surface area contributed by atoms with Crippen molar-refractivity contribution in [3.63, 3.8) is 0 Å². The fourth-order valence-electron chi connectivity index (χ4n) is 2.70. The van der Waals surface area contributed by atoms with Gasteiger partial charge in [0.25, 0.3) is 0 Å². The molecular formula is C9H16N2O. The molecule has 2 rings (SSSR count). The quantitative estimate of drug-likeness (QED) is 0.583. The van der Waals surface area contributed by atoms with Crippen molar-refractivity contribution in [1.82, 2.24) is 5.32 Å². The van der Waals surface area contributed by atoms with Gasteiger partial charge in [-0.2, -0.15) is 0 Å². The molecule has 1 unspecified atom stereocenters. The van der Waals surface area contributed by atoms with Crippen molar-refractivity contribution in [1.29, 1.82) is 0 Å². The first-order chi connectivity index (χ1) is 5.72. The third-order valence-electron chi connectivity index (χ3n) is 3.49. The van der Waals surface area contributed by atoms with E-state index in [4.69, 9.17) is 5.73 Å². The van der Waals surface area contributed by atoms with Crippen molar-refractivity contribution < 1.29 is 4.79 Å². The predicted octanol–water partition coefficient (Wildman–Crippen LogP) is 0.106. The molecule has 3 N–H and O–H groups in total. The molecule has 0 aliphatic heterocycles. The molecule has 0 aromatic carbocycles. The average Bonchev–Trinajstić information content (AvgIpc) is 2.41. The lowest BCUT2D eigenvalue weighted by Crippen LogP contribution is -2.44. The van der Waals surface area contributed by atoms with Crippen molar-refractivity contribution >= 4 is 5.91 Å². The Bertz CT molecular complexity index is 205.